The Morgan fingerprint density at radius 1 is 0.897 bits per heavy atom. The minimum Gasteiger partial charge on any atom is -0.491 e. The number of hydrogen-bond donors (Lipinski definition) is 3. The number of carboxylic acids is 1. The lowest BCUT2D eigenvalue weighted by atomic mass is 9.99. The molecule has 3 aromatic rings. The number of benzene rings is 3. The molecule has 0 aliphatic rings. The van der Waals surface area contributed by atoms with Crippen LogP contribution in [0.25, 0.3) is 11.1 Å². The Morgan fingerprint density at radius 2 is 1.46 bits per heavy atom. The first kappa shape index (κ1) is 29.3. The molecule has 10 heteroatoms. The van der Waals surface area contributed by atoms with Crippen molar-refractivity contribution in [3.8, 4) is 22.6 Å². The topological polar surface area (TPSA) is 96.9 Å². The van der Waals surface area contributed by atoms with Crippen molar-refractivity contribution in [3.05, 3.63) is 78.4 Å². The van der Waals surface area contributed by atoms with Gasteiger partial charge in [-0.05, 0) is 65.6 Å². The van der Waals surface area contributed by atoms with Crippen LogP contribution in [0, 0.1) is 5.92 Å². The van der Waals surface area contributed by atoms with E-state index in [0.717, 1.165) is 23.2 Å². The number of rotatable bonds is 13. The van der Waals surface area contributed by atoms with E-state index in [4.69, 9.17) is 9.84 Å². The van der Waals surface area contributed by atoms with Crippen LogP contribution in [0.5, 0.6) is 11.5 Å². The predicted octanol–water partition coefficient (Wildman–Crippen LogP) is 6.36. The van der Waals surface area contributed by atoms with Gasteiger partial charge < -0.3 is 25.2 Å². The Morgan fingerprint density at radius 3 is 1.97 bits per heavy atom. The highest BCUT2D eigenvalue weighted by Crippen LogP contribution is 2.28. The summed E-state index contributed by atoms with van der Waals surface area (Å²) >= 11 is 0. The van der Waals surface area contributed by atoms with E-state index in [0.29, 0.717) is 17.9 Å². The zero-order chi connectivity index (χ0) is 28.4. The lowest BCUT2D eigenvalue weighted by molar-refractivity contribution is -0.274. The average Bonchev–Trinajstić information content (AvgIpc) is 2.90. The molecule has 0 heterocycles. The van der Waals surface area contributed by atoms with E-state index >= 15 is 0 Å². The fraction of sp³-hybridized carbons (Fsp3) is 0.310. The van der Waals surface area contributed by atoms with Gasteiger partial charge in [0.1, 0.15) is 18.1 Å². The molecule has 0 aromatic heterocycles. The van der Waals surface area contributed by atoms with Gasteiger partial charge in [-0.15, -0.1) is 13.2 Å². The molecule has 0 radical (unpaired) electrons. The average molecular weight is 545 g/mol. The van der Waals surface area contributed by atoms with Gasteiger partial charge in [0.25, 0.3) is 5.91 Å². The number of carbonyl (C=O) groups excluding carboxylic acids is 1. The zero-order valence-electron chi connectivity index (χ0n) is 21.6. The number of aliphatic carboxylic acids is 1. The number of halogens is 3. The van der Waals surface area contributed by atoms with E-state index in [9.17, 15) is 22.8 Å². The first-order valence-electron chi connectivity index (χ1n) is 12.5. The SMILES string of the molecule is CC[C@H](C)[C@@H](COc1ccc(-c2ccc(OC(F)(F)F)cc2)cc1)Nc1ccc(C(=O)NCCC(=O)O)cc1. The lowest BCUT2D eigenvalue weighted by Gasteiger charge is -2.25. The molecular formula is C29H31F3N2O5. The summed E-state index contributed by atoms with van der Waals surface area (Å²) in [4.78, 5) is 22.8. The summed E-state index contributed by atoms with van der Waals surface area (Å²) in [6, 6.07) is 19.9. The summed E-state index contributed by atoms with van der Waals surface area (Å²) in [5, 5.41) is 14.7. The minimum atomic E-state index is -4.73. The van der Waals surface area contributed by atoms with Crippen LogP contribution in [0.3, 0.4) is 0 Å². The number of carboxylic acid groups (broad SMARTS) is 1. The molecule has 39 heavy (non-hydrogen) atoms. The highest BCUT2D eigenvalue weighted by Gasteiger charge is 2.31. The third-order valence-corrected chi connectivity index (χ3v) is 6.16. The Hall–Kier alpha value is -4.21. The van der Waals surface area contributed by atoms with Crippen LogP contribution >= 0.6 is 0 Å². The number of carbonyl (C=O) groups is 2. The third-order valence-electron chi connectivity index (χ3n) is 6.16. The Balaban J connectivity index is 1.57. The predicted molar refractivity (Wildman–Crippen MR) is 142 cm³/mol. The minimum absolute atomic E-state index is 0.0221. The molecule has 0 bridgehead atoms. The second-order valence-electron chi connectivity index (χ2n) is 9.02. The summed E-state index contributed by atoms with van der Waals surface area (Å²) in [5.41, 5.74) is 2.82. The van der Waals surface area contributed by atoms with Crippen LogP contribution < -0.4 is 20.1 Å². The van der Waals surface area contributed by atoms with E-state index in [2.05, 4.69) is 29.2 Å². The number of amides is 1. The van der Waals surface area contributed by atoms with Crippen molar-refractivity contribution >= 4 is 17.6 Å². The maximum Gasteiger partial charge on any atom is 0.573 e. The molecule has 2 atom stereocenters. The van der Waals surface area contributed by atoms with Gasteiger partial charge in [0.15, 0.2) is 0 Å². The molecule has 0 spiro atoms. The number of hydrogen-bond acceptors (Lipinski definition) is 5. The smallest absolute Gasteiger partial charge is 0.491 e. The van der Waals surface area contributed by atoms with E-state index in [1.165, 1.54) is 12.1 Å². The molecular weight excluding hydrogens is 513 g/mol. The Kier molecular flexibility index (Phi) is 10.2. The molecule has 0 aliphatic carbocycles. The van der Waals surface area contributed by atoms with Crippen LogP contribution in [0.2, 0.25) is 0 Å². The first-order chi connectivity index (χ1) is 18.5. The molecule has 0 aliphatic heterocycles. The van der Waals surface area contributed by atoms with Crippen LogP contribution in [-0.2, 0) is 4.79 Å². The molecule has 3 N–H and O–H groups in total. The van der Waals surface area contributed by atoms with Gasteiger partial charge in [0.05, 0.1) is 12.5 Å². The summed E-state index contributed by atoms with van der Waals surface area (Å²) in [7, 11) is 0. The van der Waals surface area contributed by atoms with Crippen molar-refractivity contribution < 1.29 is 37.3 Å². The number of alkyl halides is 3. The highest BCUT2D eigenvalue weighted by molar-refractivity contribution is 5.94. The van der Waals surface area contributed by atoms with E-state index in [1.54, 1.807) is 48.5 Å². The van der Waals surface area contributed by atoms with Gasteiger partial charge in [0.2, 0.25) is 0 Å². The van der Waals surface area contributed by atoms with Crippen LogP contribution in [0.1, 0.15) is 37.0 Å². The fourth-order valence-electron chi connectivity index (χ4n) is 3.73. The first-order valence-corrected chi connectivity index (χ1v) is 12.5. The van der Waals surface area contributed by atoms with Crippen molar-refractivity contribution in [1.82, 2.24) is 5.32 Å². The van der Waals surface area contributed by atoms with Crippen molar-refractivity contribution in [3.63, 3.8) is 0 Å². The van der Waals surface area contributed by atoms with Gasteiger partial charge in [-0.1, -0.05) is 44.5 Å². The van der Waals surface area contributed by atoms with Crippen molar-refractivity contribution in [2.24, 2.45) is 5.92 Å². The Labute approximate surface area is 225 Å². The number of anilines is 1. The molecule has 0 fully saturated rings. The highest BCUT2D eigenvalue weighted by atomic mass is 19.4. The molecule has 7 nitrogen and oxygen atoms in total. The second-order valence-corrected chi connectivity index (χ2v) is 9.02. The third kappa shape index (κ3) is 9.55. The van der Waals surface area contributed by atoms with Gasteiger partial charge >= 0.3 is 12.3 Å². The van der Waals surface area contributed by atoms with Crippen molar-refractivity contribution in [1.29, 1.82) is 0 Å². The fourth-order valence-corrected chi connectivity index (χ4v) is 3.73. The second kappa shape index (κ2) is 13.5. The number of nitrogens with one attached hydrogen (secondary N) is 2. The zero-order valence-corrected chi connectivity index (χ0v) is 21.6. The van der Waals surface area contributed by atoms with Gasteiger partial charge in [-0.25, -0.2) is 0 Å². The standard InChI is InChI=1S/C29H31F3N2O5/c1-3-19(2)26(34-23-10-4-22(5-11-23)28(37)33-17-16-27(35)36)18-38-24-12-6-20(7-13-24)21-8-14-25(15-9-21)39-29(30,31)32/h4-15,19,26,34H,3,16-18H2,1-2H3,(H,33,37)(H,35,36)/t19-,26+/m0/s1. The van der Waals surface area contributed by atoms with Gasteiger partial charge in [-0.3, -0.25) is 9.59 Å². The Bertz CT molecular complexity index is 1210. The lowest BCUT2D eigenvalue weighted by Crippen LogP contribution is -2.33. The van der Waals surface area contributed by atoms with Gasteiger partial charge in [0, 0.05) is 17.8 Å². The monoisotopic (exact) mass is 544 g/mol. The summed E-state index contributed by atoms with van der Waals surface area (Å²) in [6.07, 6.45) is -3.95. The molecule has 0 unspecified atom stereocenters. The quantitative estimate of drug-likeness (QED) is 0.232. The van der Waals surface area contributed by atoms with Crippen LogP contribution in [-0.4, -0.2) is 42.5 Å². The molecule has 1 amide bonds. The van der Waals surface area contributed by atoms with Crippen molar-refractivity contribution in [2.75, 3.05) is 18.5 Å². The number of ether oxygens (including phenoxy) is 2. The van der Waals surface area contributed by atoms with Crippen LogP contribution in [0.4, 0.5) is 18.9 Å². The van der Waals surface area contributed by atoms with Gasteiger partial charge in [-0.2, -0.15) is 0 Å². The summed E-state index contributed by atoms with van der Waals surface area (Å²) in [5.74, 6) is -0.653. The summed E-state index contributed by atoms with van der Waals surface area (Å²) < 4.78 is 47.0. The summed E-state index contributed by atoms with van der Waals surface area (Å²) in [6.45, 7) is 4.64. The van der Waals surface area contributed by atoms with Crippen LogP contribution in [0.15, 0.2) is 72.8 Å². The van der Waals surface area contributed by atoms with E-state index in [1.807, 2.05) is 12.1 Å². The normalized spacial score (nSPS) is 12.7. The largest absolute Gasteiger partial charge is 0.573 e. The molecule has 208 valence electrons. The maximum atomic E-state index is 12.4. The van der Waals surface area contributed by atoms with E-state index in [-0.39, 0.29) is 36.6 Å². The molecule has 0 saturated carbocycles. The molecule has 0 saturated heterocycles. The molecule has 3 aromatic carbocycles. The van der Waals surface area contributed by atoms with Crippen molar-refractivity contribution in [2.45, 2.75) is 39.1 Å². The molecule has 3 rings (SSSR count). The van der Waals surface area contributed by atoms with E-state index < -0.39 is 12.3 Å². The maximum absolute atomic E-state index is 12.4.